The molecule has 2 aromatic rings. The van der Waals surface area contributed by atoms with Crippen molar-refractivity contribution in [2.75, 3.05) is 5.32 Å². The SMILES string of the molecule is NS(=O)(=O)c1cnccc1Nc1cccc([N+](=O)[O-])c1. The van der Waals surface area contributed by atoms with E-state index in [2.05, 4.69) is 10.3 Å². The number of nitrogens with zero attached hydrogens (tertiary/aromatic N) is 2. The molecule has 9 heteroatoms. The molecule has 104 valence electrons. The van der Waals surface area contributed by atoms with Gasteiger partial charge in [-0.15, -0.1) is 0 Å². The Morgan fingerprint density at radius 1 is 1.30 bits per heavy atom. The molecule has 0 aliphatic heterocycles. The molecule has 0 fully saturated rings. The molecule has 3 N–H and O–H groups in total. The maximum absolute atomic E-state index is 11.4. The van der Waals surface area contributed by atoms with Crippen molar-refractivity contribution < 1.29 is 13.3 Å². The number of hydrogen-bond donors (Lipinski definition) is 2. The van der Waals surface area contributed by atoms with Gasteiger partial charge < -0.3 is 5.32 Å². The number of sulfonamides is 1. The normalized spacial score (nSPS) is 11.1. The Morgan fingerprint density at radius 2 is 2.05 bits per heavy atom. The number of nitrogens with one attached hydrogen (secondary N) is 1. The largest absolute Gasteiger partial charge is 0.354 e. The number of anilines is 2. The molecule has 0 amide bonds. The minimum absolute atomic E-state index is 0.110. The zero-order valence-electron chi connectivity index (χ0n) is 10.1. The summed E-state index contributed by atoms with van der Waals surface area (Å²) in [6.45, 7) is 0. The van der Waals surface area contributed by atoms with Gasteiger partial charge in [-0.05, 0) is 12.1 Å². The number of rotatable bonds is 4. The zero-order chi connectivity index (χ0) is 14.8. The third kappa shape index (κ3) is 3.08. The first-order chi connectivity index (χ1) is 9.38. The number of hydrogen-bond acceptors (Lipinski definition) is 6. The number of primary sulfonamides is 1. The average molecular weight is 294 g/mol. The van der Waals surface area contributed by atoms with E-state index in [0.717, 1.165) is 6.20 Å². The summed E-state index contributed by atoms with van der Waals surface area (Å²) in [7, 11) is -3.94. The molecule has 1 heterocycles. The van der Waals surface area contributed by atoms with Crippen LogP contribution in [0.5, 0.6) is 0 Å². The highest BCUT2D eigenvalue weighted by Gasteiger charge is 2.14. The molecule has 0 saturated carbocycles. The molecular weight excluding hydrogens is 284 g/mol. The Bertz CT molecular complexity index is 761. The van der Waals surface area contributed by atoms with Crippen LogP contribution >= 0.6 is 0 Å². The second-order valence-corrected chi connectivity index (χ2v) is 5.38. The van der Waals surface area contributed by atoms with Crippen LogP contribution in [0.4, 0.5) is 17.1 Å². The lowest BCUT2D eigenvalue weighted by atomic mass is 10.2. The van der Waals surface area contributed by atoms with Crippen LogP contribution in [0.15, 0.2) is 47.6 Å². The van der Waals surface area contributed by atoms with Crippen molar-refractivity contribution >= 4 is 27.1 Å². The molecule has 0 bridgehead atoms. The lowest BCUT2D eigenvalue weighted by molar-refractivity contribution is -0.384. The monoisotopic (exact) mass is 294 g/mol. The van der Waals surface area contributed by atoms with E-state index in [4.69, 9.17) is 5.14 Å². The minimum Gasteiger partial charge on any atom is -0.354 e. The highest BCUT2D eigenvalue weighted by molar-refractivity contribution is 7.89. The van der Waals surface area contributed by atoms with E-state index in [1.165, 1.54) is 30.5 Å². The lowest BCUT2D eigenvalue weighted by Gasteiger charge is -2.09. The smallest absolute Gasteiger partial charge is 0.271 e. The number of aromatic nitrogens is 1. The third-order valence-electron chi connectivity index (χ3n) is 2.43. The quantitative estimate of drug-likeness (QED) is 0.647. The minimum atomic E-state index is -3.94. The van der Waals surface area contributed by atoms with Crippen molar-refractivity contribution in [3.8, 4) is 0 Å². The Balaban J connectivity index is 2.41. The summed E-state index contributed by atoms with van der Waals surface area (Å²) in [6, 6.07) is 7.09. The molecule has 0 aliphatic rings. The van der Waals surface area contributed by atoms with Crippen molar-refractivity contribution in [2.45, 2.75) is 4.90 Å². The van der Waals surface area contributed by atoms with E-state index in [9.17, 15) is 18.5 Å². The highest BCUT2D eigenvalue weighted by Crippen LogP contribution is 2.25. The number of nitro groups is 1. The molecule has 20 heavy (non-hydrogen) atoms. The van der Waals surface area contributed by atoms with Gasteiger partial charge in [0.15, 0.2) is 0 Å². The van der Waals surface area contributed by atoms with Crippen LogP contribution in [0.2, 0.25) is 0 Å². The maximum Gasteiger partial charge on any atom is 0.271 e. The second-order valence-electron chi connectivity index (χ2n) is 3.85. The fourth-order valence-corrected chi connectivity index (χ4v) is 2.20. The number of benzene rings is 1. The number of nitro benzene ring substituents is 1. The van der Waals surface area contributed by atoms with Crippen LogP contribution < -0.4 is 10.5 Å². The predicted octanol–water partition coefficient (Wildman–Crippen LogP) is 1.38. The van der Waals surface area contributed by atoms with Crippen molar-refractivity contribution in [1.29, 1.82) is 0 Å². The topological polar surface area (TPSA) is 128 Å². The summed E-state index contributed by atoms with van der Waals surface area (Å²) < 4.78 is 22.8. The molecule has 0 atom stereocenters. The fourth-order valence-electron chi connectivity index (χ4n) is 1.56. The molecule has 0 unspecified atom stereocenters. The van der Waals surface area contributed by atoms with E-state index >= 15 is 0 Å². The van der Waals surface area contributed by atoms with E-state index in [0.29, 0.717) is 5.69 Å². The summed E-state index contributed by atoms with van der Waals surface area (Å²) in [5, 5.41) is 18.5. The van der Waals surface area contributed by atoms with Crippen molar-refractivity contribution in [3.63, 3.8) is 0 Å². The molecule has 8 nitrogen and oxygen atoms in total. The van der Waals surface area contributed by atoms with E-state index in [-0.39, 0.29) is 16.3 Å². The van der Waals surface area contributed by atoms with Gasteiger partial charge in [-0.1, -0.05) is 6.07 Å². The summed E-state index contributed by atoms with van der Waals surface area (Å²) in [5.74, 6) is 0. The third-order valence-corrected chi connectivity index (χ3v) is 3.37. The Kier molecular flexibility index (Phi) is 3.63. The fraction of sp³-hybridized carbons (Fsp3) is 0. The molecule has 0 aliphatic carbocycles. The molecule has 0 spiro atoms. The zero-order valence-corrected chi connectivity index (χ0v) is 10.9. The van der Waals surface area contributed by atoms with E-state index in [1.807, 2.05) is 0 Å². The lowest BCUT2D eigenvalue weighted by Crippen LogP contribution is -2.14. The highest BCUT2D eigenvalue weighted by atomic mass is 32.2. The first kappa shape index (κ1) is 13.9. The van der Waals surface area contributed by atoms with Gasteiger partial charge in [0.25, 0.3) is 5.69 Å². The number of nitrogens with two attached hydrogens (primary N) is 1. The van der Waals surface area contributed by atoms with Gasteiger partial charge in [0.1, 0.15) is 4.90 Å². The van der Waals surface area contributed by atoms with Gasteiger partial charge in [-0.2, -0.15) is 0 Å². The van der Waals surface area contributed by atoms with Crippen LogP contribution in [-0.4, -0.2) is 18.3 Å². The van der Waals surface area contributed by atoms with Crippen molar-refractivity contribution in [2.24, 2.45) is 5.14 Å². The first-order valence-electron chi connectivity index (χ1n) is 5.36. The van der Waals surface area contributed by atoms with Crippen molar-refractivity contribution in [3.05, 3.63) is 52.8 Å². The Hall–Kier alpha value is -2.52. The van der Waals surface area contributed by atoms with Crippen LogP contribution in [0.25, 0.3) is 0 Å². The van der Waals surface area contributed by atoms with Gasteiger partial charge in [0.2, 0.25) is 10.0 Å². The van der Waals surface area contributed by atoms with Crippen molar-refractivity contribution in [1.82, 2.24) is 4.98 Å². The summed E-state index contributed by atoms with van der Waals surface area (Å²) in [4.78, 5) is 13.6. The van der Waals surface area contributed by atoms with Gasteiger partial charge in [0, 0.05) is 30.2 Å². The van der Waals surface area contributed by atoms with E-state index in [1.54, 1.807) is 6.07 Å². The number of non-ortho nitro benzene ring substituents is 1. The summed E-state index contributed by atoms with van der Waals surface area (Å²) in [5.41, 5.74) is 0.458. The molecule has 0 radical (unpaired) electrons. The van der Waals surface area contributed by atoms with E-state index < -0.39 is 14.9 Å². The molecule has 1 aromatic carbocycles. The summed E-state index contributed by atoms with van der Waals surface area (Å²) in [6.07, 6.45) is 2.49. The summed E-state index contributed by atoms with van der Waals surface area (Å²) >= 11 is 0. The maximum atomic E-state index is 11.4. The molecule has 2 rings (SSSR count). The van der Waals surface area contributed by atoms with Crippen LogP contribution in [0.3, 0.4) is 0 Å². The Labute approximate surface area is 114 Å². The standard InChI is InChI=1S/C11H10N4O4S/c12-20(18,19)11-7-13-5-4-10(11)14-8-2-1-3-9(6-8)15(16)17/h1-7H,(H,13,14)(H2,12,18,19). The van der Waals surface area contributed by atoms with Crippen LogP contribution in [0.1, 0.15) is 0 Å². The van der Waals surface area contributed by atoms with Crippen LogP contribution in [0, 0.1) is 10.1 Å². The number of pyridine rings is 1. The molecule has 1 aromatic heterocycles. The Morgan fingerprint density at radius 3 is 2.70 bits per heavy atom. The van der Waals surface area contributed by atoms with Gasteiger partial charge in [-0.3, -0.25) is 15.1 Å². The predicted molar refractivity (Wildman–Crippen MR) is 72.0 cm³/mol. The van der Waals surface area contributed by atoms with Crippen LogP contribution in [-0.2, 0) is 10.0 Å². The van der Waals surface area contributed by atoms with Gasteiger partial charge in [-0.25, -0.2) is 13.6 Å². The molecule has 0 saturated heterocycles. The molecular formula is C11H10N4O4S. The van der Waals surface area contributed by atoms with Gasteiger partial charge >= 0.3 is 0 Å². The second kappa shape index (κ2) is 5.23. The average Bonchev–Trinajstić information content (AvgIpc) is 2.38. The van der Waals surface area contributed by atoms with Gasteiger partial charge in [0.05, 0.1) is 10.6 Å². The first-order valence-corrected chi connectivity index (χ1v) is 6.91.